The molecule has 1 aliphatic heterocycles. The molecule has 0 saturated heterocycles. The fraction of sp³-hybridized carbons (Fsp3) is 0.438. The molecule has 7 heteroatoms. The maximum atomic E-state index is 12.8. The van der Waals surface area contributed by atoms with Crippen LogP contribution in [0.5, 0.6) is 5.75 Å². The van der Waals surface area contributed by atoms with E-state index < -0.39 is 13.0 Å². The Bertz CT molecular complexity index is 552. The summed E-state index contributed by atoms with van der Waals surface area (Å²) in [7, 11) is 0. The number of hydrogen-bond acceptors (Lipinski definition) is 3. The minimum atomic E-state index is -2.57. The minimum Gasteiger partial charge on any atom is -0.483 e. The molecule has 2 rings (SSSR count). The van der Waals surface area contributed by atoms with Gasteiger partial charge >= 0.3 is 0 Å². The number of allylic oxidation sites excluding steroid dienone is 1. The monoisotopic (exact) mass is 415 g/mol. The van der Waals surface area contributed by atoms with Crippen LogP contribution in [0.1, 0.15) is 18.9 Å². The SMILES string of the molecule is CSCOc1ccc(C2=[C-]CC(C)C(=O)N2CC(F)F)cc1.[Y]. The molecule has 0 aromatic heterocycles. The van der Waals surface area contributed by atoms with Crippen molar-refractivity contribution in [3.05, 3.63) is 35.9 Å². The van der Waals surface area contributed by atoms with Gasteiger partial charge in [-0.25, -0.2) is 14.9 Å². The van der Waals surface area contributed by atoms with Gasteiger partial charge in [0.05, 0.1) is 6.54 Å². The van der Waals surface area contributed by atoms with E-state index in [0.29, 0.717) is 29.4 Å². The third-order valence-corrected chi connectivity index (χ3v) is 3.68. The van der Waals surface area contributed by atoms with Crippen LogP contribution in [0.4, 0.5) is 8.78 Å². The summed E-state index contributed by atoms with van der Waals surface area (Å²) in [6, 6.07) is 7.06. The average molecular weight is 415 g/mol. The standard InChI is InChI=1S/C16H18F2NO2S.Y/c1-11-3-8-14(19(16(11)20)9-15(17)18)12-4-6-13(7-5-12)21-10-22-2;/h4-7,11,15H,3,9-10H2,1-2H3;/q-1;. The third-order valence-electron chi connectivity index (χ3n) is 3.32. The van der Waals surface area contributed by atoms with Gasteiger partial charge in [0, 0.05) is 38.6 Å². The number of carbonyl (C=O) groups excluding carboxylic acids is 1. The van der Waals surface area contributed by atoms with E-state index in [0.717, 1.165) is 4.90 Å². The van der Waals surface area contributed by atoms with E-state index in [2.05, 4.69) is 6.08 Å². The van der Waals surface area contributed by atoms with Crippen molar-refractivity contribution in [3.8, 4) is 5.75 Å². The summed E-state index contributed by atoms with van der Waals surface area (Å²) in [6.45, 7) is 1.13. The van der Waals surface area contributed by atoms with Crippen molar-refractivity contribution in [2.24, 2.45) is 5.92 Å². The summed E-state index contributed by atoms with van der Waals surface area (Å²) >= 11 is 1.56. The smallest absolute Gasteiger partial charge is 0.256 e. The van der Waals surface area contributed by atoms with Gasteiger partial charge in [-0.3, -0.25) is 4.79 Å². The van der Waals surface area contributed by atoms with Crippen molar-refractivity contribution in [3.63, 3.8) is 0 Å². The van der Waals surface area contributed by atoms with E-state index in [1.807, 2.05) is 6.26 Å². The van der Waals surface area contributed by atoms with E-state index in [1.54, 1.807) is 43.0 Å². The zero-order valence-corrected chi connectivity index (χ0v) is 16.7. The molecule has 0 aliphatic carbocycles. The fourth-order valence-corrected chi connectivity index (χ4v) is 2.48. The molecule has 1 unspecified atom stereocenters. The molecule has 0 spiro atoms. The second kappa shape index (κ2) is 9.75. The molecule has 1 aliphatic rings. The number of halogens is 2. The molecule has 23 heavy (non-hydrogen) atoms. The van der Waals surface area contributed by atoms with Crippen molar-refractivity contribution in [2.75, 3.05) is 18.7 Å². The molecule has 3 nitrogen and oxygen atoms in total. The number of nitrogens with zero attached hydrogens (tertiary/aromatic N) is 1. The van der Waals surface area contributed by atoms with Crippen LogP contribution in [0, 0.1) is 12.0 Å². The summed E-state index contributed by atoms with van der Waals surface area (Å²) in [5, 5.41) is 0. The molecule has 0 saturated carbocycles. The van der Waals surface area contributed by atoms with E-state index >= 15 is 0 Å². The summed E-state index contributed by atoms with van der Waals surface area (Å²) in [5.74, 6) is 0.653. The fourth-order valence-electron chi connectivity index (χ4n) is 2.22. The minimum absolute atomic E-state index is 0. The van der Waals surface area contributed by atoms with Crippen LogP contribution in [0.3, 0.4) is 0 Å². The Labute approximate surface area is 164 Å². The molecule has 0 N–H and O–H groups in total. The Balaban J connectivity index is 0.00000264. The van der Waals surface area contributed by atoms with Gasteiger partial charge < -0.3 is 9.64 Å². The number of benzene rings is 1. The van der Waals surface area contributed by atoms with Crippen molar-refractivity contribution in [1.82, 2.24) is 4.90 Å². The topological polar surface area (TPSA) is 29.5 Å². The van der Waals surface area contributed by atoms with Crippen LogP contribution in [-0.4, -0.2) is 36.0 Å². The van der Waals surface area contributed by atoms with Gasteiger partial charge in [0.2, 0.25) is 5.91 Å². The maximum Gasteiger partial charge on any atom is 0.256 e. The van der Waals surface area contributed by atoms with Gasteiger partial charge in [-0.05, 0) is 18.4 Å². The van der Waals surface area contributed by atoms with Gasteiger partial charge in [0.15, 0.2) is 0 Å². The van der Waals surface area contributed by atoms with Gasteiger partial charge in [-0.2, -0.15) is 5.56 Å². The Hall–Kier alpha value is -0.456. The number of carbonyl (C=O) groups is 1. The number of amides is 1. The number of alkyl halides is 2. The van der Waals surface area contributed by atoms with E-state index in [-0.39, 0.29) is 44.5 Å². The first-order valence-corrected chi connectivity index (χ1v) is 8.35. The third kappa shape index (κ3) is 5.54. The van der Waals surface area contributed by atoms with Gasteiger partial charge in [0.1, 0.15) is 11.7 Å². The first-order valence-electron chi connectivity index (χ1n) is 6.95. The summed E-state index contributed by atoms with van der Waals surface area (Å²) < 4.78 is 31.0. The van der Waals surface area contributed by atoms with Gasteiger partial charge in [0.25, 0.3) is 6.43 Å². The Morgan fingerprint density at radius 2 is 2.04 bits per heavy atom. The zero-order chi connectivity index (χ0) is 16.1. The first-order chi connectivity index (χ1) is 10.5. The molecular weight excluding hydrogens is 397 g/mol. The Morgan fingerprint density at radius 1 is 1.39 bits per heavy atom. The van der Waals surface area contributed by atoms with Crippen molar-refractivity contribution in [1.29, 1.82) is 0 Å². The first kappa shape index (κ1) is 20.6. The average Bonchev–Trinajstić information content (AvgIpc) is 2.50. The second-order valence-corrected chi connectivity index (χ2v) is 5.86. The number of hydrogen-bond donors (Lipinski definition) is 0. The van der Waals surface area contributed by atoms with Crippen molar-refractivity contribution < 1.29 is 51.0 Å². The molecule has 1 heterocycles. The second-order valence-electron chi connectivity index (χ2n) is 5.05. The van der Waals surface area contributed by atoms with Crippen molar-refractivity contribution in [2.45, 2.75) is 19.8 Å². The molecule has 1 amide bonds. The van der Waals surface area contributed by atoms with Crippen LogP contribution < -0.4 is 4.74 Å². The van der Waals surface area contributed by atoms with Crippen LogP contribution in [0.25, 0.3) is 5.70 Å². The Kier molecular flexibility index (Phi) is 8.72. The van der Waals surface area contributed by atoms with E-state index in [1.165, 1.54) is 0 Å². The van der Waals surface area contributed by atoms with Crippen molar-refractivity contribution >= 4 is 23.4 Å². The number of rotatable bonds is 6. The molecule has 1 radical (unpaired) electrons. The molecule has 0 bridgehead atoms. The zero-order valence-electron chi connectivity index (χ0n) is 13.1. The molecule has 123 valence electrons. The van der Waals surface area contributed by atoms with Crippen LogP contribution >= 0.6 is 11.8 Å². The molecule has 1 aromatic rings. The predicted octanol–water partition coefficient (Wildman–Crippen LogP) is 3.66. The van der Waals surface area contributed by atoms with Crippen LogP contribution in [-0.2, 0) is 37.5 Å². The summed E-state index contributed by atoms with van der Waals surface area (Å²) in [6.07, 6.45) is 2.88. The summed E-state index contributed by atoms with van der Waals surface area (Å²) in [5.41, 5.74) is 1.12. The molecule has 1 atom stereocenters. The predicted molar refractivity (Wildman–Crippen MR) is 83.6 cm³/mol. The molecular formula is C16H18F2NO2SY-. The van der Waals surface area contributed by atoms with Crippen LogP contribution in [0.15, 0.2) is 24.3 Å². The van der Waals surface area contributed by atoms with Gasteiger partial charge in [-0.15, -0.1) is 29.6 Å². The molecule has 1 aromatic carbocycles. The quantitative estimate of drug-likeness (QED) is 0.525. The number of ether oxygens (including phenoxy) is 1. The maximum absolute atomic E-state index is 12.8. The van der Waals surface area contributed by atoms with Crippen LogP contribution in [0.2, 0.25) is 0 Å². The van der Waals surface area contributed by atoms with E-state index in [4.69, 9.17) is 4.74 Å². The number of thioether (sulfide) groups is 1. The normalized spacial score (nSPS) is 17.8. The van der Waals surface area contributed by atoms with Gasteiger partial charge in [-0.1, -0.05) is 13.3 Å². The molecule has 0 fully saturated rings. The largest absolute Gasteiger partial charge is 0.483 e. The summed E-state index contributed by atoms with van der Waals surface area (Å²) in [4.78, 5) is 13.3. The van der Waals surface area contributed by atoms with E-state index in [9.17, 15) is 13.6 Å². The Morgan fingerprint density at radius 3 is 2.61 bits per heavy atom.